The minimum Gasteiger partial charge on any atom is -0.212 e. The van der Waals surface area contributed by atoms with Gasteiger partial charge in [-0.25, -0.2) is 13.1 Å². The summed E-state index contributed by atoms with van der Waals surface area (Å²) in [5.74, 6) is 2.64. The smallest absolute Gasteiger partial charge is 0.212 e. The van der Waals surface area contributed by atoms with Crippen LogP contribution in [-0.2, 0) is 15.8 Å². The predicted molar refractivity (Wildman–Crippen MR) is 92.3 cm³/mol. The second kappa shape index (κ2) is 5.59. The van der Waals surface area contributed by atoms with Crippen molar-refractivity contribution in [1.82, 2.24) is 4.72 Å². The van der Waals surface area contributed by atoms with E-state index < -0.39 is 10.0 Å². The highest BCUT2D eigenvalue weighted by molar-refractivity contribution is 7.88. The van der Waals surface area contributed by atoms with Crippen LogP contribution in [0.1, 0.15) is 51.0 Å². The second-order valence-electron chi connectivity index (χ2n) is 8.36. The van der Waals surface area contributed by atoms with E-state index in [1.165, 1.54) is 38.5 Å². The number of sulfonamides is 1. The summed E-state index contributed by atoms with van der Waals surface area (Å²) in [6, 6.07) is 9.54. The van der Waals surface area contributed by atoms with Gasteiger partial charge >= 0.3 is 0 Å². The molecule has 4 heteroatoms. The van der Waals surface area contributed by atoms with Gasteiger partial charge in [-0.1, -0.05) is 30.3 Å². The molecule has 4 fully saturated rings. The summed E-state index contributed by atoms with van der Waals surface area (Å²) in [6.45, 7) is 2.11. The quantitative estimate of drug-likeness (QED) is 0.893. The molecule has 23 heavy (non-hydrogen) atoms. The third-order valence-electron chi connectivity index (χ3n) is 6.56. The van der Waals surface area contributed by atoms with E-state index in [0.29, 0.717) is 0 Å². The van der Waals surface area contributed by atoms with Crippen LogP contribution in [0.5, 0.6) is 0 Å². The lowest BCUT2D eigenvalue weighted by Gasteiger charge is -2.59. The van der Waals surface area contributed by atoms with Crippen LogP contribution in [0.2, 0.25) is 0 Å². The average Bonchev–Trinajstić information content (AvgIpc) is 2.45. The maximum absolute atomic E-state index is 12.6. The number of hydrogen-bond donors (Lipinski definition) is 1. The predicted octanol–water partition coefficient (Wildman–Crippen LogP) is 3.71. The molecule has 0 aromatic heterocycles. The Morgan fingerprint density at radius 3 is 2.09 bits per heavy atom. The molecule has 1 atom stereocenters. The Balaban J connectivity index is 1.48. The Kier molecular flexibility index (Phi) is 3.80. The van der Waals surface area contributed by atoms with Gasteiger partial charge in [-0.2, -0.15) is 0 Å². The summed E-state index contributed by atoms with van der Waals surface area (Å²) in [4.78, 5) is 0. The van der Waals surface area contributed by atoms with Crippen LogP contribution in [0, 0.1) is 23.2 Å². The second-order valence-corrected chi connectivity index (χ2v) is 10.1. The van der Waals surface area contributed by atoms with Crippen molar-refractivity contribution < 1.29 is 8.42 Å². The van der Waals surface area contributed by atoms with E-state index in [0.717, 1.165) is 23.3 Å². The van der Waals surface area contributed by atoms with Crippen LogP contribution in [-0.4, -0.2) is 14.5 Å². The standard InChI is InChI=1S/C19H27NO2S/c1-14(20-23(21,22)13-15-5-3-2-4-6-15)19-10-16-7-17(11-19)9-18(8-16)12-19/h2-6,14,16-18,20H,7-13H2,1H3. The molecule has 0 heterocycles. The van der Waals surface area contributed by atoms with E-state index in [-0.39, 0.29) is 17.2 Å². The summed E-state index contributed by atoms with van der Waals surface area (Å²) in [7, 11) is -3.28. The summed E-state index contributed by atoms with van der Waals surface area (Å²) < 4.78 is 28.2. The van der Waals surface area contributed by atoms with Crippen molar-refractivity contribution >= 4 is 10.0 Å². The lowest BCUT2D eigenvalue weighted by Crippen LogP contribution is -2.55. The fraction of sp³-hybridized carbons (Fsp3) is 0.684. The highest BCUT2D eigenvalue weighted by Gasteiger charge is 2.53. The van der Waals surface area contributed by atoms with Crippen molar-refractivity contribution in [2.45, 2.75) is 57.2 Å². The van der Waals surface area contributed by atoms with Crippen LogP contribution in [0.15, 0.2) is 30.3 Å². The first kappa shape index (κ1) is 15.6. The van der Waals surface area contributed by atoms with Gasteiger partial charge in [-0.3, -0.25) is 0 Å². The van der Waals surface area contributed by atoms with Gasteiger partial charge in [-0.15, -0.1) is 0 Å². The lowest BCUT2D eigenvalue weighted by molar-refractivity contribution is -0.0666. The minimum absolute atomic E-state index is 0.0598. The normalized spacial score (nSPS) is 37.0. The average molecular weight is 333 g/mol. The van der Waals surface area contributed by atoms with Gasteiger partial charge in [0.2, 0.25) is 10.0 Å². The summed E-state index contributed by atoms with van der Waals surface area (Å²) in [5, 5.41) is 0. The van der Waals surface area contributed by atoms with E-state index in [9.17, 15) is 8.42 Å². The summed E-state index contributed by atoms with van der Waals surface area (Å²) in [6.07, 6.45) is 7.87. The third-order valence-corrected chi connectivity index (χ3v) is 7.99. The van der Waals surface area contributed by atoms with Gasteiger partial charge in [0.05, 0.1) is 5.75 Å². The first-order valence-electron chi connectivity index (χ1n) is 8.98. The highest BCUT2D eigenvalue weighted by atomic mass is 32.2. The van der Waals surface area contributed by atoms with Gasteiger partial charge < -0.3 is 0 Å². The van der Waals surface area contributed by atoms with E-state index in [4.69, 9.17) is 0 Å². The molecule has 1 aromatic rings. The Morgan fingerprint density at radius 2 is 1.57 bits per heavy atom. The van der Waals surface area contributed by atoms with Crippen molar-refractivity contribution in [2.75, 3.05) is 0 Å². The van der Waals surface area contributed by atoms with E-state index >= 15 is 0 Å². The Bertz CT molecular complexity index is 633. The van der Waals surface area contributed by atoms with Gasteiger partial charge in [0.15, 0.2) is 0 Å². The van der Waals surface area contributed by atoms with Gasteiger partial charge in [0.25, 0.3) is 0 Å². The molecule has 126 valence electrons. The van der Waals surface area contributed by atoms with Crippen LogP contribution < -0.4 is 4.72 Å². The molecule has 1 unspecified atom stereocenters. The van der Waals surface area contributed by atoms with Crippen molar-refractivity contribution in [3.8, 4) is 0 Å². The first-order chi connectivity index (χ1) is 10.9. The first-order valence-corrected chi connectivity index (χ1v) is 10.6. The topological polar surface area (TPSA) is 46.2 Å². The maximum atomic E-state index is 12.6. The van der Waals surface area contributed by atoms with Gasteiger partial charge in [-0.05, 0) is 74.2 Å². The van der Waals surface area contributed by atoms with Gasteiger partial charge in [0.1, 0.15) is 0 Å². The number of benzene rings is 1. The van der Waals surface area contributed by atoms with Crippen LogP contribution in [0.4, 0.5) is 0 Å². The molecule has 4 bridgehead atoms. The molecule has 0 amide bonds. The Hall–Kier alpha value is -0.870. The van der Waals surface area contributed by atoms with Gasteiger partial charge in [0, 0.05) is 6.04 Å². The van der Waals surface area contributed by atoms with Crippen molar-refractivity contribution in [3.63, 3.8) is 0 Å². The molecule has 3 nitrogen and oxygen atoms in total. The summed E-state index contributed by atoms with van der Waals surface area (Å²) in [5.41, 5.74) is 1.08. The number of nitrogens with one attached hydrogen (secondary N) is 1. The van der Waals surface area contributed by atoms with Crippen LogP contribution in [0.3, 0.4) is 0 Å². The molecule has 0 saturated heterocycles. The van der Waals surface area contributed by atoms with Crippen molar-refractivity contribution in [2.24, 2.45) is 23.2 Å². The molecule has 0 spiro atoms. The molecule has 0 aliphatic heterocycles. The molecular formula is C19H27NO2S. The fourth-order valence-electron chi connectivity index (χ4n) is 5.94. The van der Waals surface area contributed by atoms with E-state index in [2.05, 4.69) is 11.6 Å². The largest absolute Gasteiger partial charge is 0.216 e. The molecule has 1 N–H and O–H groups in total. The van der Waals surface area contributed by atoms with E-state index in [1.807, 2.05) is 30.3 Å². The maximum Gasteiger partial charge on any atom is 0.216 e. The minimum atomic E-state index is -3.28. The van der Waals surface area contributed by atoms with Crippen molar-refractivity contribution in [3.05, 3.63) is 35.9 Å². The zero-order valence-electron chi connectivity index (χ0n) is 13.9. The van der Waals surface area contributed by atoms with Crippen LogP contribution in [0.25, 0.3) is 0 Å². The zero-order valence-corrected chi connectivity index (χ0v) is 14.7. The Labute approximate surface area is 139 Å². The molecule has 4 saturated carbocycles. The molecule has 4 aliphatic rings. The molecule has 5 rings (SSSR count). The lowest BCUT2D eigenvalue weighted by atomic mass is 9.48. The molecule has 0 radical (unpaired) electrons. The van der Waals surface area contributed by atoms with Crippen molar-refractivity contribution in [1.29, 1.82) is 0 Å². The third kappa shape index (κ3) is 3.08. The number of hydrogen-bond acceptors (Lipinski definition) is 2. The highest BCUT2D eigenvalue weighted by Crippen LogP contribution is 2.61. The number of rotatable bonds is 5. The molecule has 4 aliphatic carbocycles. The zero-order chi connectivity index (χ0) is 16.1. The molecular weight excluding hydrogens is 306 g/mol. The fourth-order valence-corrected chi connectivity index (χ4v) is 7.44. The molecule has 1 aromatic carbocycles. The Morgan fingerprint density at radius 1 is 1.04 bits per heavy atom. The van der Waals surface area contributed by atoms with Crippen LogP contribution >= 0.6 is 0 Å². The monoisotopic (exact) mass is 333 g/mol. The van der Waals surface area contributed by atoms with E-state index in [1.54, 1.807) is 0 Å². The summed E-state index contributed by atoms with van der Waals surface area (Å²) >= 11 is 0. The SMILES string of the molecule is CC(NS(=O)(=O)Cc1ccccc1)C12CC3CC(CC(C3)C1)C2.